The number of carbonyl (C=O) groups is 8. The highest BCUT2D eigenvalue weighted by Crippen LogP contribution is 2.42. The molecule has 19 nitrogen and oxygen atoms in total. The first-order valence-electron chi connectivity index (χ1n) is 40.5. The third-order valence-corrected chi connectivity index (χ3v) is 24.8. The third kappa shape index (κ3) is 29.4. The van der Waals surface area contributed by atoms with Crippen LogP contribution in [0.1, 0.15) is 292 Å². The van der Waals surface area contributed by atoms with E-state index in [1.54, 1.807) is 58.3 Å². The highest BCUT2D eigenvalue weighted by molar-refractivity contribution is 7.16. The number of aliphatic hydroxyl groups excluding tert-OH is 2. The number of esters is 4. The molecule has 0 spiro atoms. The average molecular weight is 1780 g/mol. The number of halogens is 3. The van der Waals surface area contributed by atoms with Crippen LogP contribution in [0.15, 0.2) is 78.9 Å². The molecule has 0 saturated heterocycles. The lowest BCUT2D eigenvalue weighted by Gasteiger charge is -2.37. The van der Waals surface area contributed by atoms with Gasteiger partial charge in [-0.15, -0.1) is 45.3 Å². The van der Waals surface area contributed by atoms with Gasteiger partial charge >= 0.3 is 29.8 Å². The Hall–Kier alpha value is -8.95. The number of carbonyl (C=O) groups excluding carboxylic acids is 7. The highest BCUT2D eigenvalue weighted by atomic mass is 35.5. The van der Waals surface area contributed by atoms with Gasteiger partial charge in [-0.2, -0.15) is 0 Å². The lowest BCUT2D eigenvalue weighted by molar-refractivity contribution is -0.120. The maximum atomic E-state index is 14.2. The van der Waals surface area contributed by atoms with Crippen molar-refractivity contribution < 1.29 is 72.6 Å². The smallest absolute Gasteiger partial charge is 0.350 e. The number of aliphatic hydroxyl groups is 2. The summed E-state index contributed by atoms with van der Waals surface area (Å²) in [5, 5.41) is 37.3. The molecule has 0 radical (unpaired) electrons. The molecule has 26 heteroatoms. The summed E-state index contributed by atoms with van der Waals surface area (Å²) < 4.78 is 20.7. The van der Waals surface area contributed by atoms with Gasteiger partial charge in [-0.25, -0.2) is 24.0 Å². The molecule has 5 N–H and O–H groups in total. The molecule has 2 amide bonds. The Labute approximate surface area is 743 Å². The van der Waals surface area contributed by atoms with Crippen molar-refractivity contribution in [1.82, 2.24) is 0 Å². The van der Waals surface area contributed by atoms with Crippen LogP contribution in [0.4, 0.5) is 22.7 Å². The molecule has 4 aromatic heterocycles. The number of nitrogens with zero attached hydrogens (tertiary/aromatic N) is 2. The second-order valence-corrected chi connectivity index (χ2v) is 40.3. The minimum atomic E-state index is -1.10. The van der Waals surface area contributed by atoms with E-state index in [-0.39, 0.29) is 86.7 Å². The molecule has 646 valence electrons. The van der Waals surface area contributed by atoms with Gasteiger partial charge in [-0.3, -0.25) is 14.4 Å². The Kier molecular flexibility index (Phi) is 35.0. The number of Topliss-reactive ketones (excluding diaryl/α,β-unsaturated/α-hetero) is 1. The average Bonchev–Trinajstić information content (AvgIpc) is 1.72. The summed E-state index contributed by atoms with van der Waals surface area (Å²) in [6, 6.07) is 23.0. The SMILES string of the molecule is COC(=O)c1sc(C#CC(C)(C)C)cc1N(C(=O)c1ccc(C)cc1Cl)C1CCC(OC(=O)c2ccc(C)cc2Cl)CC1.COC(=O)c1sc(C#CC(C)(C)C)cc1NC1CCC(=O)CC1.COC(=O)c1sc(C#CC(C)(C)C)cc1NC1CCC(O)CC1.Cc1ccc(C(=O)N(c2cc(C#CC(C)(C)C)sc2C(=O)O)C2CCC(O)CC2)c(Cl)c1. The largest absolute Gasteiger partial charge is 0.477 e. The van der Waals surface area contributed by atoms with E-state index >= 15 is 0 Å². The van der Waals surface area contributed by atoms with E-state index in [0.29, 0.717) is 138 Å². The van der Waals surface area contributed by atoms with Crippen LogP contribution in [0.2, 0.25) is 15.1 Å². The molecule has 0 aliphatic heterocycles. The minimum absolute atomic E-state index is 0.0749. The van der Waals surface area contributed by atoms with Gasteiger partial charge in [0.2, 0.25) is 0 Å². The van der Waals surface area contributed by atoms with E-state index in [2.05, 4.69) is 78.8 Å². The maximum absolute atomic E-state index is 14.2. The minimum Gasteiger partial charge on any atom is -0.477 e. The van der Waals surface area contributed by atoms with E-state index < -0.39 is 24.0 Å². The predicted octanol–water partition coefficient (Wildman–Crippen LogP) is 21.9. The number of thiophene rings is 4. The molecule has 4 aliphatic carbocycles. The molecule has 121 heavy (non-hydrogen) atoms. The molecule has 4 fully saturated rings. The van der Waals surface area contributed by atoms with Crippen LogP contribution in [-0.4, -0.2) is 127 Å². The number of benzene rings is 3. The molecule has 3 aromatic carbocycles. The summed E-state index contributed by atoms with van der Waals surface area (Å²) in [7, 11) is 4.09. The van der Waals surface area contributed by atoms with E-state index in [1.165, 1.54) is 55.3 Å². The van der Waals surface area contributed by atoms with Gasteiger partial charge in [-0.05, 0) is 271 Å². The van der Waals surface area contributed by atoms with Crippen LogP contribution in [0.25, 0.3) is 0 Å². The van der Waals surface area contributed by atoms with Gasteiger partial charge in [0.05, 0.1) is 108 Å². The van der Waals surface area contributed by atoms with Crippen LogP contribution < -0.4 is 20.4 Å². The first kappa shape index (κ1) is 97.5. The molecule has 4 aliphatic rings. The zero-order valence-electron chi connectivity index (χ0n) is 72.3. The molecular weight excluding hydrogens is 1670 g/mol. The van der Waals surface area contributed by atoms with Crippen molar-refractivity contribution in [2.24, 2.45) is 21.7 Å². The topological polar surface area (TPSA) is 265 Å². The Morgan fingerprint density at radius 2 is 0.727 bits per heavy atom. The standard InChI is InChI=1S/C34H35Cl2NO5S.C25H28ClNO4S.C18H25NO3S.C18H23NO3S/c1-20-7-13-25(27(35)17-20)31(38)37(29-19-24(15-16-34(3,4)5)43-30(29)33(40)41-6)22-9-11-23(12-10-22)42-32(39)26-14-8-21(2)18-28(26)36;1-15-5-10-19(20(26)13-15)23(29)27(16-6-8-17(28)9-7-16)21-14-18(11-12-25(2,3)4)32-22(21)24(30)31;2*1-18(2,3)10-9-14-11-15(16(23-14)17(21)22-4)19-12-5-7-13(20)8-6-12/h7-8,13-14,17-19,22-23H,9-12H2,1-6H3;5,10,13-14,16-17,28H,6-9H2,1-4H3,(H,30,31);11-13,19-20H,5-8H2,1-4H3;11-12,19H,5-8H2,1-4H3. The fraction of sp³-hybridized carbons (Fsp3) is 0.474. The number of carboxylic acids is 1. The number of amides is 2. The number of aryl methyl sites for hydroxylation is 3. The quantitative estimate of drug-likeness (QED) is 0.0342. The number of methoxy groups -OCH3 is 3. The van der Waals surface area contributed by atoms with E-state index in [1.807, 2.05) is 113 Å². The van der Waals surface area contributed by atoms with Crippen LogP contribution >= 0.6 is 80.1 Å². The molecule has 0 bridgehead atoms. The van der Waals surface area contributed by atoms with E-state index in [9.17, 15) is 53.7 Å². The van der Waals surface area contributed by atoms with Gasteiger partial charge in [0.25, 0.3) is 11.8 Å². The van der Waals surface area contributed by atoms with E-state index in [0.717, 1.165) is 87.7 Å². The zero-order valence-corrected chi connectivity index (χ0v) is 77.8. The summed E-state index contributed by atoms with van der Waals surface area (Å²) in [5.41, 5.74) is 5.46. The molecule has 4 saturated carbocycles. The summed E-state index contributed by atoms with van der Waals surface area (Å²) in [6.45, 7) is 30.0. The number of hydrogen-bond donors (Lipinski definition) is 5. The zero-order chi connectivity index (χ0) is 89.2. The fourth-order valence-corrected chi connectivity index (χ4v) is 18.0. The Morgan fingerprint density at radius 3 is 1.08 bits per heavy atom. The van der Waals surface area contributed by atoms with Gasteiger partial charge in [-0.1, -0.05) is 100 Å². The molecule has 7 aromatic rings. The maximum Gasteiger partial charge on any atom is 0.350 e. The van der Waals surface area contributed by atoms with Crippen molar-refractivity contribution in [3.63, 3.8) is 0 Å². The third-order valence-electron chi connectivity index (χ3n) is 19.7. The predicted molar refractivity (Wildman–Crippen MR) is 488 cm³/mol. The highest BCUT2D eigenvalue weighted by Gasteiger charge is 2.39. The second kappa shape index (κ2) is 43.4. The van der Waals surface area contributed by atoms with Crippen LogP contribution in [0, 0.1) is 89.8 Å². The Balaban J connectivity index is 0.000000208. The van der Waals surface area contributed by atoms with Gasteiger partial charge in [0.1, 0.15) is 31.4 Å². The monoisotopic (exact) mass is 1780 g/mol. The van der Waals surface area contributed by atoms with Crippen LogP contribution in [-0.2, 0) is 23.7 Å². The number of ether oxygens (including phenoxy) is 4. The second-order valence-electron chi connectivity index (χ2n) is 34.8. The van der Waals surface area contributed by atoms with Gasteiger partial charge in [0.15, 0.2) is 0 Å². The van der Waals surface area contributed by atoms with Crippen molar-refractivity contribution >= 4 is 150 Å². The lowest BCUT2D eigenvalue weighted by Crippen LogP contribution is -2.44. The molecular formula is C95H111Cl3N4O15S4. The van der Waals surface area contributed by atoms with Crippen molar-refractivity contribution in [3.05, 3.63) is 166 Å². The number of aromatic carboxylic acids is 1. The normalized spacial score (nSPS) is 17.8. The number of ketones is 1. The number of hydrogen-bond acceptors (Lipinski definition) is 20. The summed E-state index contributed by atoms with van der Waals surface area (Å²) in [4.78, 5) is 109. The van der Waals surface area contributed by atoms with Crippen molar-refractivity contribution in [2.45, 2.75) is 249 Å². The Morgan fingerprint density at radius 1 is 0.413 bits per heavy atom. The first-order chi connectivity index (χ1) is 56.8. The molecule has 0 unspecified atom stereocenters. The van der Waals surface area contributed by atoms with Crippen molar-refractivity contribution in [1.29, 1.82) is 0 Å². The van der Waals surface area contributed by atoms with Gasteiger partial charge in [0, 0.05) is 58.7 Å². The lowest BCUT2D eigenvalue weighted by atomic mass is 9.90. The molecule has 0 atom stereocenters. The number of anilines is 4. The molecule has 11 rings (SSSR count). The summed E-state index contributed by atoms with van der Waals surface area (Å²) in [5.74, 6) is 22.1. The number of rotatable bonds is 16. The number of carboxylic acid groups (broad SMARTS) is 1. The van der Waals surface area contributed by atoms with Crippen LogP contribution in [0.5, 0.6) is 0 Å². The number of nitrogens with one attached hydrogen (secondary N) is 2. The van der Waals surface area contributed by atoms with Crippen molar-refractivity contribution in [3.8, 4) is 47.4 Å². The fourth-order valence-electron chi connectivity index (χ4n) is 13.5. The summed E-state index contributed by atoms with van der Waals surface area (Å²) >= 11 is 24.2. The Bertz CT molecular complexity index is 5180. The first-order valence-corrected chi connectivity index (χ1v) is 44.9. The summed E-state index contributed by atoms with van der Waals surface area (Å²) in [6.07, 6.45) is 9.68. The van der Waals surface area contributed by atoms with E-state index in [4.69, 9.17) is 53.8 Å². The van der Waals surface area contributed by atoms with Gasteiger partial charge < -0.3 is 54.7 Å². The van der Waals surface area contributed by atoms with Crippen molar-refractivity contribution in [2.75, 3.05) is 41.8 Å². The molecule has 4 heterocycles. The van der Waals surface area contributed by atoms with Crippen LogP contribution in [0.3, 0.4) is 0 Å².